The molecule has 1 heteroatoms. The Morgan fingerprint density at radius 3 is 2.43 bits per heavy atom. The van der Waals surface area contributed by atoms with E-state index in [1.54, 1.807) is 0 Å². The standard InChI is InChI=1S/C13H14S/c1-14-13-10-6-5-9-12(13)11-7-3-2-4-8-11/h2-10,12-13H,1H3. The predicted octanol–water partition coefficient (Wildman–Crippen LogP) is 3.63. The Kier molecular flexibility index (Phi) is 3.10. The van der Waals surface area contributed by atoms with Gasteiger partial charge in [-0.25, -0.2) is 0 Å². The summed E-state index contributed by atoms with van der Waals surface area (Å²) in [6, 6.07) is 10.7. The summed E-state index contributed by atoms with van der Waals surface area (Å²) in [6.07, 6.45) is 11.0. The number of hydrogen-bond donors (Lipinski definition) is 0. The van der Waals surface area contributed by atoms with Crippen molar-refractivity contribution in [3.8, 4) is 0 Å². The first-order valence-electron chi connectivity index (χ1n) is 4.84. The summed E-state index contributed by atoms with van der Waals surface area (Å²) in [6.45, 7) is 0. The van der Waals surface area contributed by atoms with Crippen molar-refractivity contribution in [3.05, 3.63) is 60.2 Å². The van der Waals surface area contributed by atoms with Crippen LogP contribution in [0.5, 0.6) is 0 Å². The van der Waals surface area contributed by atoms with Crippen LogP contribution in [-0.2, 0) is 0 Å². The van der Waals surface area contributed by atoms with E-state index in [-0.39, 0.29) is 0 Å². The first-order chi connectivity index (χ1) is 6.92. The van der Waals surface area contributed by atoms with Crippen molar-refractivity contribution >= 4 is 11.8 Å². The van der Waals surface area contributed by atoms with Crippen LogP contribution in [0.2, 0.25) is 0 Å². The van der Waals surface area contributed by atoms with Gasteiger partial charge in [-0.3, -0.25) is 0 Å². The average Bonchev–Trinajstić information content (AvgIpc) is 2.30. The third kappa shape index (κ3) is 1.93. The summed E-state index contributed by atoms with van der Waals surface area (Å²) in [7, 11) is 0. The first-order valence-corrected chi connectivity index (χ1v) is 6.13. The average molecular weight is 202 g/mol. The molecule has 0 aromatic heterocycles. The SMILES string of the molecule is CSC1C=CC=CC1c1ccccc1. The van der Waals surface area contributed by atoms with Crippen molar-refractivity contribution in [1.82, 2.24) is 0 Å². The van der Waals surface area contributed by atoms with E-state index in [2.05, 4.69) is 60.9 Å². The van der Waals surface area contributed by atoms with Crippen molar-refractivity contribution < 1.29 is 0 Å². The zero-order valence-electron chi connectivity index (χ0n) is 8.26. The van der Waals surface area contributed by atoms with Gasteiger partial charge in [-0.2, -0.15) is 11.8 Å². The van der Waals surface area contributed by atoms with Crippen LogP contribution in [0, 0.1) is 0 Å². The number of allylic oxidation sites excluding steroid dienone is 3. The van der Waals surface area contributed by atoms with Crippen LogP contribution in [0.3, 0.4) is 0 Å². The van der Waals surface area contributed by atoms with E-state index in [0.717, 1.165) is 0 Å². The minimum Gasteiger partial charge on any atom is -0.157 e. The van der Waals surface area contributed by atoms with Crippen LogP contribution in [0.4, 0.5) is 0 Å². The molecule has 0 saturated carbocycles. The van der Waals surface area contributed by atoms with E-state index < -0.39 is 0 Å². The Labute approximate surface area is 89.7 Å². The van der Waals surface area contributed by atoms with Gasteiger partial charge in [0.05, 0.1) is 0 Å². The third-order valence-electron chi connectivity index (χ3n) is 2.54. The van der Waals surface area contributed by atoms with Gasteiger partial charge >= 0.3 is 0 Å². The summed E-state index contributed by atoms with van der Waals surface area (Å²) in [5, 5.41) is 0.586. The normalized spacial score (nSPS) is 25.2. The highest BCUT2D eigenvalue weighted by molar-refractivity contribution is 7.99. The summed E-state index contributed by atoms with van der Waals surface area (Å²) < 4.78 is 0. The lowest BCUT2D eigenvalue weighted by Crippen LogP contribution is -2.12. The van der Waals surface area contributed by atoms with E-state index >= 15 is 0 Å². The van der Waals surface area contributed by atoms with E-state index in [9.17, 15) is 0 Å². The Balaban J connectivity index is 2.25. The molecule has 72 valence electrons. The fourth-order valence-electron chi connectivity index (χ4n) is 1.79. The second-order valence-corrected chi connectivity index (χ2v) is 4.42. The number of benzene rings is 1. The van der Waals surface area contributed by atoms with Crippen molar-refractivity contribution in [3.63, 3.8) is 0 Å². The molecule has 0 N–H and O–H groups in total. The molecule has 1 aliphatic rings. The molecule has 0 amide bonds. The van der Waals surface area contributed by atoms with Gasteiger partial charge in [0, 0.05) is 11.2 Å². The lowest BCUT2D eigenvalue weighted by molar-refractivity contribution is 0.872. The summed E-state index contributed by atoms with van der Waals surface area (Å²) in [5.41, 5.74) is 1.41. The Morgan fingerprint density at radius 1 is 1.00 bits per heavy atom. The van der Waals surface area contributed by atoms with Crippen molar-refractivity contribution in [1.29, 1.82) is 0 Å². The number of hydrogen-bond acceptors (Lipinski definition) is 1. The molecule has 2 rings (SSSR count). The molecule has 2 atom stereocenters. The van der Waals surface area contributed by atoms with Crippen LogP contribution >= 0.6 is 11.8 Å². The number of rotatable bonds is 2. The van der Waals surface area contributed by atoms with E-state index in [1.807, 2.05) is 11.8 Å². The largest absolute Gasteiger partial charge is 0.157 e. The molecule has 0 bridgehead atoms. The van der Waals surface area contributed by atoms with Gasteiger partial charge in [0.1, 0.15) is 0 Å². The third-order valence-corrected chi connectivity index (χ3v) is 3.54. The van der Waals surface area contributed by atoms with Crippen molar-refractivity contribution in [2.45, 2.75) is 11.2 Å². The molecular formula is C13H14S. The fraction of sp³-hybridized carbons (Fsp3) is 0.231. The van der Waals surface area contributed by atoms with Gasteiger partial charge < -0.3 is 0 Å². The summed E-state index contributed by atoms with van der Waals surface area (Å²) >= 11 is 1.91. The molecule has 0 heterocycles. The summed E-state index contributed by atoms with van der Waals surface area (Å²) in [4.78, 5) is 0. The Hall–Kier alpha value is -0.950. The molecule has 0 spiro atoms. The molecule has 0 fully saturated rings. The minimum absolute atomic E-state index is 0.538. The fourth-order valence-corrected chi connectivity index (χ4v) is 2.58. The molecule has 1 aromatic carbocycles. The minimum atomic E-state index is 0.538. The highest BCUT2D eigenvalue weighted by atomic mass is 32.2. The highest BCUT2D eigenvalue weighted by Gasteiger charge is 2.18. The maximum atomic E-state index is 2.29. The van der Waals surface area contributed by atoms with Gasteiger partial charge in [-0.1, -0.05) is 54.6 Å². The van der Waals surface area contributed by atoms with Crippen LogP contribution in [0.15, 0.2) is 54.6 Å². The molecule has 0 aliphatic heterocycles. The maximum absolute atomic E-state index is 2.29. The van der Waals surface area contributed by atoms with Crippen molar-refractivity contribution in [2.24, 2.45) is 0 Å². The van der Waals surface area contributed by atoms with Crippen LogP contribution in [0.25, 0.3) is 0 Å². The Morgan fingerprint density at radius 2 is 1.71 bits per heavy atom. The smallest absolute Gasteiger partial charge is 0.0330 e. The van der Waals surface area contributed by atoms with Gasteiger partial charge in [0.25, 0.3) is 0 Å². The van der Waals surface area contributed by atoms with Gasteiger partial charge in [0.2, 0.25) is 0 Å². The van der Waals surface area contributed by atoms with Crippen molar-refractivity contribution in [2.75, 3.05) is 6.26 Å². The van der Waals surface area contributed by atoms with Crippen LogP contribution in [-0.4, -0.2) is 11.5 Å². The van der Waals surface area contributed by atoms with Crippen LogP contribution < -0.4 is 0 Å². The molecule has 1 aliphatic carbocycles. The molecule has 1 aromatic rings. The van der Waals surface area contributed by atoms with E-state index in [1.165, 1.54) is 5.56 Å². The molecule has 0 radical (unpaired) electrons. The van der Waals surface area contributed by atoms with E-state index in [4.69, 9.17) is 0 Å². The molecule has 2 unspecified atom stereocenters. The quantitative estimate of drug-likeness (QED) is 0.705. The van der Waals surface area contributed by atoms with Gasteiger partial charge in [0.15, 0.2) is 0 Å². The molecule has 0 nitrogen and oxygen atoms in total. The van der Waals surface area contributed by atoms with Gasteiger partial charge in [-0.15, -0.1) is 0 Å². The first kappa shape index (κ1) is 9.60. The topological polar surface area (TPSA) is 0 Å². The lowest BCUT2D eigenvalue weighted by atomic mass is 9.92. The monoisotopic (exact) mass is 202 g/mol. The molecule has 14 heavy (non-hydrogen) atoms. The van der Waals surface area contributed by atoms with E-state index in [0.29, 0.717) is 11.2 Å². The maximum Gasteiger partial charge on any atom is 0.0330 e. The molecular weight excluding hydrogens is 188 g/mol. The zero-order chi connectivity index (χ0) is 9.80. The predicted molar refractivity (Wildman–Crippen MR) is 64.8 cm³/mol. The van der Waals surface area contributed by atoms with Gasteiger partial charge in [-0.05, 0) is 11.8 Å². The highest BCUT2D eigenvalue weighted by Crippen LogP contribution is 2.31. The second kappa shape index (κ2) is 4.52. The zero-order valence-corrected chi connectivity index (χ0v) is 9.08. The second-order valence-electron chi connectivity index (χ2n) is 3.41. The number of thioether (sulfide) groups is 1. The molecule has 0 saturated heterocycles. The lowest BCUT2D eigenvalue weighted by Gasteiger charge is -2.22. The summed E-state index contributed by atoms with van der Waals surface area (Å²) in [5.74, 6) is 0.538. The Bertz CT molecular complexity index is 338. The van der Waals surface area contributed by atoms with Crippen LogP contribution in [0.1, 0.15) is 11.5 Å².